The molecule has 21 heavy (non-hydrogen) atoms. The summed E-state index contributed by atoms with van der Waals surface area (Å²) in [5, 5.41) is 3.37. The minimum absolute atomic E-state index is 0.503. The standard InChI is InChI=1S/C16H28N4O/c1-13(2)8-17-9-14-10-18-11-16(19-14)21-12-15-6-4-5-7-20(15)3/h10-11,13,15,17H,4-9,12H2,1-3H3. The molecule has 1 atom stereocenters. The number of likely N-dealkylation sites (N-methyl/N-ethyl adjacent to an activating group) is 1. The van der Waals surface area contributed by atoms with Crippen molar-refractivity contribution in [2.24, 2.45) is 5.92 Å². The Morgan fingerprint density at radius 1 is 1.38 bits per heavy atom. The summed E-state index contributed by atoms with van der Waals surface area (Å²) >= 11 is 0. The first kappa shape index (κ1) is 16.2. The molecule has 5 nitrogen and oxygen atoms in total. The molecule has 1 unspecified atom stereocenters. The molecule has 1 fully saturated rings. The molecular formula is C16H28N4O. The normalized spacial score (nSPS) is 19.9. The Hall–Kier alpha value is -1.20. The van der Waals surface area contributed by atoms with Crippen molar-refractivity contribution in [1.29, 1.82) is 0 Å². The van der Waals surface area contributed by atoms with Crippen LogP contribution in [0.4, 0.5) is 0 Å². The molecule has 2 rings (SSSR count). The van der Waals surface area contributed by atoms with Gasteiger partial charge in [-0.25, -0.2) is 4.98 Å². The molecule has 0 aliphatic carbocycles. The first-order valence-electron chi connectivity index (χ1n) is 8.00. The van der Waals surface area contributed by atoms with Gasteiger partial charge in [0.1, 0.15) is 6.61 Å². The highest BCUT2D eigenvalue weighted by Gasteiger charge is 2.19. The third-order valence-corrected chi connectivity index (χ3v) is 3.87. The number of likely N-dealkylation sites (tertiary alicyclic amines) is 1. The molecule has 0 bridgehead atoms. The van der Waals surface area contributed by atoms with Gasteiger partial charge in [-0.3, -0.25) is 4.98 Å². The number of hydrogen-bond donors (Lipinski definition) is 1. The van der Waals surface area contributed by atoms with Crippen LogP contribution < -0.4 is 10.1 Å². The molecule has 0 saturated carbocycles. The van der Waals surface area contributed by atoms with Crippen LogP contribution in [0, 0.1) is 5.92 Å². The minimum Gasteiger partial charge on any atom is -0.475 e. The molecule has 0 spiro atoms. The summed E-state index contributed by atoms with van der Waals surface area (Å²) in [4.78, 5) is 11.1. The summed E-state index contributed by atoms with van der Waals surface area (Å²) < 4.78 is 5.84. The van der Waals surface area contributed by atoms with Gasteiger partial charge in [0.2, 0.25) is 5.88 Å². The highest BCUT2D eigenvalue weighted by molar-refractivity contribution is 5.08. The fraction of sp³-hybridized carbons (Fsp3) is 0.750. The van der Waals surface area contributed by atoms with Crippen LogP contribution in [0.5, 0.6) is 5.88 Å². The molecule has 2 heterocycles. The lowest BCUT2D eigenvalue weighted by Crippen LogP contribution is -2.40. The van der Waals surface area contributed by atoms with Crippen LogP contribution in [0.1, 0.15) is 38.8 Å². The minimum atomic E-state index is 0.503. The van der Waals surface area contributed by atoms with Crippen molar-refractivity contribution in [2.45, 2.75) is 45.7 Å². The van der Waals surface area contributed by atoms with Crippen LogP contribution in [-0.2, 0) is 6.54 Å². The van der Waals surface area contributed by atoms with Crippen molar-refractivity contribution in [2.75, 3.05) is 26.7 Å². The largest absolute Gasteiger partial charge is 0.475 e. The predicted octanol–water partition coefficient (Wildman–Crippen LogP) is 2.09. The molecule has 1 N–H and O–H groups in total. The van der Waals surface area contributed by atoms with E-state index in [9.17, 15) is 0 Å². The molecule has 1 saturated heterocycles. The quantitative estimate of drug-likeness (QED) is 0.834. The molecule has 1 aromatic heterocycles. The highest BCUT2D eigenvalue weighted by atomic mass is 16.5. The topological polar surface area (TPSA) is 50.3 Å². The van der Waals surface area contributed by atoms with E-state index < -0.39 is 0 Å². The number of nitrogens with zero attached hydrogens (tertiary/aromatic N) is 3. The Kier molecular flexibility index (Phi) is 6.39. The zero-order valence-electron chi connectivity index (χ0n) is 13.5. The van der Waals surface area contributed by atoms with Gasteiger partial charge in [-0.05, 0) is 38.9 Å². The zero-order valence-corrected chi connectivity index (χ0v) is 13.5. The van der Waals surface area contributed by atoms with E-state index in [2.05, 4.69) is 41.1 Å². The van der Waals surface area contributed by atoms with Gasteiger partial charge in [0.25, 0.3) is 0 Å². The van der Waals surface area contributed by atoms with E-state index in [4.69, 9.17) is 4.74 Å². The number of nitrogens with one attached hydrogen (secondary N) is 1. The van der Waals surface area contributed by atoms with Gasteiger partial charge < -0.3 is 15.0 Å². The summed E-state index contributed by atoms with van der Waals surface area (Å²) in [6, 6.07) is 0.503. The Morgan fingerprint density at radius 2 is 2.24 bits per heavy atom. The lowest BCUT2D eigenvalue weighted by atomic mass is 10.0. The number of hydrogen-bond acceptors (Lipinski definition) is 5. The van der Waals surface area contributed by atoms with E-state index in [-0.39, 0.29) is 0 Å². The Bertz CT molecular complexity index is 424. The lowest BCUT2D eigenvalue weighted by molar-refractivity contribution is 0.122. The Labute approximate surface area is 128 Å². The first-order chi connectivity index (χ1) is 10.1. The van der Waals surface area contributed by atoms with Gasteiger partial charge in [-0.15, -0.1) is 0 Å². The van der Waals surface area contributed by atoms with E-state index >= 15 is 0 Å². The fourth-order valence-corrected chi connectivity index (χ4v) is 2.57. The van der Waals surface area contributed by atoms with Gasteiger partial charge in [-0.1, -0.05) is 20.3 Å². The Morgan fingerprint density at radius 3 is 3.00 bits per heavy atom. The number of aromatic nitrogens is 2. The summed E-state index contributed by atoms with van der Waals surface area (Å²) in [7, 11) is 2.17. The van der Waals surface area contributed by atoms with Gasteiger partial charge in [0.15, 0.2) is 0 Å². The first-order valence-corrected chi connectivity index (χ1v) is 8.00. The van der Waals surface area contributed by atoms with Gasteiger partial charge >= 0.3 is 0 Å². The second kappa shape index (κ2) is 8.29. The Balaban J connectivity index is 1.80. The van der Waals surface area contributed by atoms with Crippen molar-refractivity contribution in [3.05, 3.63) is 18.1 Å². The molecule has 0 amide bonds. The van der Waals surface area contributed by atoms with Crippen molar-refractivity contribution in [3.8, 4) is 5.88 Å². The molecule has 5 heteroatoms. The van der Waals surface area contributed by atoms with E-state index in [0.29, 0.717) is 24.4 Å². The molecule has 1 aliphatic rings. The summed E-state index contributed by atoms with van der Waals surface area (Å²) in [6.45, 7) is 7.98. The maximum absolute atomic E-state index is 5.84. The van der Waals surface area contributed by atoms with E-state index in [0.717, 1.165) is 18.8 Å². The third-order valence-electron chi connectivity index (χ3n) is 3.87. The summed E-state index contributed by atoms with van der Waals surface area (Å²) in [6.07, 6.45) is 7.30. The maximum atomic E-state index is 5.84. The van der Waals surface area contributed by atoms with Gasteiger partial charge in [0.05, 0.1) is 11.9 Å². The second-order valence-electron chi connectivity index (χ2n) is 6.31. The third kappa shape index (κ3) is 5.59. The van der Waals surface area contributed by atoms with E-state index in [1.54, 1.807) is 12.4 Å². The van der Waals surface area contributed by atoms with Gasteiger partial charge in [-0.2, -0.15) is 0 Å². The van der Waals surface area contributed by atoms with Crippen molar-refractivity contribution in [1.82, 2.24) is 20.2 Å². The molecule has 1 aromatic rings. The van der Waals surface area contributed by atoms with Crippen molar-refractivity contribution >= 4 is 0 Å². The molecular weight excluding hydrogens is 264 g/mol. The van der Waals surface area contributed by atoms with Crippen LogP contribution in [0.25, 0.3) is 0 Å². The SMILES string of the molecule is CC(C)CNCc1cncc(OCC2CCCCN2C)n1. The predicted molar refractivity (Wildman–Crippen MR) is 84.3 cm³/mol. The van der Waals surface area contributed by atoms with Crippen LogP contribution in [0.3, 0.4) is 0 Å². The summed E-state index contributed by atoms with van der Waals surface area (Å²) in [5.41, 5.74) is 0.935. The van der Waals surface area contributed by atoms with Crippen LogP contribution in [0.2, 0.25) is 0 Å². The molecule has 0 aromatic carbocycles. The fourth-order valence-electron chi connectivity index (χ4n) is 2.57. The molecule has 1 aliphatic heterocycles. The van der Waals surface area contributed by atoms with Crippen LogP contribution >= 0.6 is 0 Å². The van der Waals surface area contributed by atoms with Crippen LogP contribution in [0.15, 0.2) is 12.4 Å². The molecule has 118 valence electrons. The monoisotopic (exact) mass is 292 g/mol. The average Bonchev–Trinajstić information content (AvgIpc) is 2.46. The number of ether oxygens (including phenoxy) is 1. The lowest BCUT2D eigenvalue weighted by Gasteiger charge is -2.31. The summed E-state index contributed by atoms with van der Waals surface area (Å²) in [5.74, 6) is 1.28. The number of piperidine rings is 1. The number of rotatable bonds is 7. The average molecular weight is 292 g/mol. The van der Waals surface area contributed by atoms with Gasteiger partial charge in [0, 0.05) is 18.8 Å². The van der Waals surface area contributed by atoms with E-state index in [1.165, 1.54) is 25.8 Å². The maximum Gasteiger partial charge on any atom is 0.232 e. The zero-order chi connectivity index (χ0) is 15.1. The second-order valence-corrected chi connectivity index (χ2v) is 6.31. The van der Waals surface area contributed by atoms with Crippen molar-refractivity contribution in [3.63, 3.8) is 0 Å². The van der Waals surface area contributed by atoms with Crippen LogP contribution in [-0.4, -0.2) is 47.7 Å². The van der Waals surface area contributed by atoms with Crippen molar-refractivity contribution < 1.29 is 4.74 Å². The highest BCUT2D eigenvalue weighted by Crippen LogP contribution is 2.16. The smallest absolute Gasteiger partial charge is 0.232 e. The van der Waals surface area contributed by atoms with E-state index in [1.807, 2.05) is 0 Å². The molecule has 0 radical (unpaired) electrons.